The summed E-state index contributed by atoms with van der Waals surface area (Å²) in [6.07, 6.45) is 7.92. The lowest BCUT2D eigenvalue weighted by atomic mass is 9.83. The van der Waals surface area contributed by atoms with Gasteiger partial charge < -0.3 is 19.7 Å². The standard InChI is InChI=1S/C20H30N2O2/c1-2-9-22-10-3-5-17(18(22)6-1)15-21-14-16-7-8-19-20(13-16)24-12-4-11-23-19/h7-8,13,17-18,21H,1-6,9-12,14-15H2/t17-,18+/m0/s1. The van der Waals surface area contributed by atoms with Gasteiger partial charge in [-0.25, -0.2) is 0 Å². The van der Waals surface area contributed by atoms with Crippen LogP contribution in [0.4, 0.5) is 0 Å². The van der Waals surface area contributed by atoms with Crippen molar-refractivity contribution in [2.75, 3.05) is 32.8 Å². The predicted molar refractivity (Wildman–Crippen MR) is 95.7 cm³/mol. The maximum atomic E-state index is 5.80. The summed E-state index contributed by atoms with van der Waals surface area (Å²) in [5.41, 5.74) is 1.29. The number of hydrogen-bond acceptors (Lipinski definition) is 4. The molecule has 4 heteroatoms. The second-order valence-electron chi connectivity index (χ2n) is 7.46. The SMILES string of the molecule is c1cc2c(cc1CNC[C@@H]1CCCN3CCCC[C@H]13)OCCCO2. The van der Waals surface area contributed by atoms with E-state index in [1.54, 1.807) is 0 Å². The number of ether oxygens (including phenoxy) is 2. The van der Waals surface area contributed by atoms with Crippen LogP contribution in [0.25, 0.3) is 0 Å². The average Bonchev–Trinajstić information content (AvgIpc) is 2.87. The molecule has 2 atom stereocenters. The summed E-state index contributed by atoms with van der Waals surface area (Å²) in [4.78, 5) is 2.74. The van der Waals surface area contributed by atoms with Gasteiger partial charge in [-0.1, -0.05) is 12.5 Å². The summed E-state index contributed by atoms with van der Waals surface area (Å²) in [6.45, 7) is 6.20. The Balaban J connectivity index is 1.31. The number of benzene rings is 1. The summed E-state index contributed by atoms with van der Waals surface area (Å²) in [5.74, 6) is 2.61. The highest BCUT2D eigenvalue weighted by atomic mass is 16.5. The Morgan fingerprint density at radius 3 is 2.79 bits per heavy atom. The minimum atomic E-state index is 0.753. The molecular formula is C20H30N2O2. The quantitative estimate of drug-likeness (QED) is 0.919. The van der Waals surface area contributed by atoms with E-state index < -0.39 is 0 Å². The van der Waals surface area contributed by atoms with Crippen LogP contribution in [-0.4, -0.2) is 43.8 Å². The molecule has 0 radical (unpaired) electrons. The smallest absolute Gasteiger partial charge is 0.161 e. The van der Waals surface area contributed by atoms with Crippen molar-refractivity contribution in [1.29, 1.82) is 0 Å². The van der Waals surface area contributed by atoms with Gasteiger partial charge in [0.25, 0.3) is 0 Å². The molecule has 132 valence electrons. The molecule has 0 aromatic heterocycles. The van der Waals surface area contributed by atoms with Crippen LogP contribution >= 0.6 is 0 Å². The van der Waals surface area contributed by atoms with Crippen LogP contribution in [0.15, 0.2) is 18.2 Å². The fraction of sp³-hybridized carbons (Fsp3) is 0.700. The third kappa shape index (κ3) is 3.70. The third-order valence-corrected chi connectivity index (χ3v) is 5.78. The Morgan fingerprint density at radius 2 is 1.83 bits per heavy atom. The molecule has 3 aliphatic rings. The molecule has 24 heavy (non-hydrogen) atoms. The van der Waals surface area contributed by atoms with Crippen LogP contribution in [0.5, 0.6) is 11.5 Å². The van der Waals surface area contributed by atoms with Crippen LogP contribution in [0, 0.1) is 5.92 Å². The molecule has 2 saturated heterocycles. The number of rotatable bonds is 4. The van der Waals surface area contributed by atoms with Gasteiger partial charge in [-0.3, -0.25) is 0 Å². The molecule has 0 spiro atoms. The van der Waals surface area contributed by atoms with E-state index in [0.29, 0.717) is 0 Å². The van der Waals surface area contributed by atoms with Crippen molar-refractivity contribution in [3.05, 3.63) is 23.8 Å². The van der Waals surface area contributed by atoms with E-state index in [0.717, 1.165) is 56.2 Å². The van der Waals surface area contributed by atoms with E-state index in [4.69, 9.17) is 9.47 Å². The third-order valence-electron chi connectivity index (χ3n) is 5.78. The first-order valence-corrected chi connectivity index (χ1v) is 9.73. The van der Waals surface area contributed by atoms with Gasteiger partial charge in [0, 0.05) is 19.0 Å². The summed E-state index contributed by atoms with van der Waals surface area (Å²) >= 11 is 0. The van der Waals surface area contributed by atoms with Gasteiger partial charge in [0.1, 0.15) is 0 Å². The number of nitrogens with zero attached hydrogens (tertiary/aromatic N) is 1. The van der Waals surface area contributed by atoms with Crippen molar-refractivity contribution in [3.63, 3.8) is 0 Å². The zero-order valence-electron chi connectivity index (χ0n) is 14.6. The average molecular weight is 330 g/mol. The fourth-order valence-corrected chi connectivity index (χ4v) is 4.53. The van der Waals surface area contributed by atoms with Gasteiger partial charge in [-0.15, -0.1) is 0 Å². The van der Waals surface area contributed by atoms with Crippen molar-refractivity contribution in [1.82, 2.24) is 10.2 Å². The van der Waals surface area contributed by atoms with Gasteiger partial charge in [0.15, 0.2) is 11.5 Å². The first-order valence-electron chi connectivity index (χ1n) is 9.73. The summed E-state index contributed by atoms with van der Waals surface area (Å²) in [5, 5.41) is 3.70. The van der Waals surface area contributed by atoms with Crippen LogP contribution < -0.4 is 14.8 Å². The molecule has 0 unspecified atom stereocenters. The maximum absolute atomic E-state index is 5.80. The molecule has 4 rings (SSSR count). The fourth-order valence-electron chi connectivity index (χ4n) is 4.53. The zero-order chi connectivity index (χ0) is 16.2. The highest BCUT2D eigenvalue weighted by Gasteiger charge is 2.32. The van der Waals surface area contributed by atoms with E-state index in [9.17, 15) is 0 Å². The van der Waals surface area contributed by atoms with Crippen molar-refractivity contribution in [2.24, 2.45) is 5.92 Å². The minimum absolute atomic E-state index is 0.753. The zero-order valence-corrected chi connectivity index (χ0v) is 14.6. The normalized spacial score (nSPS) is 27.3. The Hall–Kier alpha value is -1.26. The topological polar surface area (TPSA) is 33.7 Å². The van der Waals surface area contributed by atoms with E-state index >= 15 is 0 Å². The Kier molecular flexibility index (Phi) is 5.24. The molecular weight excluding hydrogens is 300 g/mol. The first-order chi connectivity index (χ1) is 11.9. The number of nitrogens with one attached hydrogen (secondary N) is 1. The molecule has 0 bridgehead atoms. The lowest BCUT2D eigenvalue weighted by Gasteiger charge is -2.44. The minimum Gasteiger partial charge on any atom is -0.490 e. The molecule has 2 fully saturated rings. The summed E-state index contributed by atoms with van der Waals surface area (Å²) < 4.78 is 11.5. The van der Waals surface area contributed by atoms with Gasteiger partial charge in [-0.2, -0.15) is 0 Å². The number of hydrogen-bond donors (Lipinski definition) is 1. The molecule has 0 saturated carbocycles. The Bertz CT molecular complexity index is 546. The number of fused-ring (bicyclic) bond motifs is 2. The van der Waals surface area contributed by atoms with Crippen molar-refractivity contribution >= 4 is 0 Å². The second kappa shape index (κ2) is 7.75. The second-order valence-corrected chi connectivity index (χ2v) is 7.46. The van der Waals surface area contributed by atoms with Crippen molar-refractivity contribution < 1.29 is 9.47 Å². The van der Waals surface area contributed by atoms with Gasteiger partial charge >= 0.3 is 0 Å². The molecule has 1 aromatic carbocycles. The van der Waals surface area contributed by atoms with Crippen LogP contribution in [-0.2, 0) is 6.54 Å². The van der Waals surface area contributed by atoms with Crippen LogP contribution in [0.1, 0.15) is 44.1 Å². The van der Waals surface area contributed by atoms with E-state index in [1.807, 2.05) is 0 Å². The van der Waals surface area contributed by atoms with Gasteiger partial charge in [0.05, 0.1) is 13.2 Å². The number of piperidine rings is 2. The van der Waals surface area contributed by atoms with Gasteiger partial charge in [0.2, 0.25) is 0 Å². The monoisotopic (exact) mass is 330 g/mol. The predicted octanol–water partition coefficient (Wildman–Crippen LogP) is 3.20. The van der Waals surface area contributed by atoms with Crippen LogP contribution in [0.2, 0.25) is 0 Å². The molecule has 3 heterocycles. The molecule has 1 N–H and O–H groups in total. The molecule has 3 aliphatic heterocycles. The molecule has 1 aromatic rings. The van der Waals surface area contributed by atoms with E-state index in [-0.39, 0.29) is 0 Å². The van der Waals surface area contributed by atoms with Gasteiger partial charge in [-0.05, 0) is 68.9 Å². The largest absolute Gasteiger partial charge is 0.490 e. The Labute approximate surface area is 145 Å². The highest BCUT2D eigenvalue weighted by Crippen LogP contribution is 2.32. The molecule has 0 aliphatic carbocycles. The lowest BCUT2D eigenvalue weighted by Crippen LogP contribution is -2.50. The Morgan fingerprint density at radius 1 is 0.958 bits per heavy atom. The molecule has 0 amide bonds. The van der Waals surface area contributed by atoms with E-state index in [2.05, 4.69) is 28.4 Å². The summed E-state index contributed by atoms with van der Waals surface area (Å²) in [7, 11) is 0. The van der Waals surface area contributed by atoms with Crippen molar-refractivity contribution in [2.45, 2.75) is 51.1 Å². The maximum Gasteiger partial charge on any atom is 0.161 e. The highest BCUT2D eigenvalue weighted by molar-refractivity contribution is 5.43. The lowest BCUT2D eigenvalue weighted by molar-refractivity contribution is 0.0593. The van der Waals surface area contributed by atoms with E-state index in [1.165, 1.54) is 50.8 Å². The summed E-state index contributed by atoms with van der Waals surface area (Å²) in [6, 6.07) is 7.18. The molecule has 4 nitrogen and oxygen atoms in total. The first kappa shape index (κ1) is 16.2. The van der Waals surface area contributed by atoms with Crippen LogP contribution in [0.3, 0.4) is 0 Å². The van der Waals surface area contributed by atoms with Crippen molar-refractivity contribution in [3.8, 4) is 11.5 Å².